The molecule has 1 aliphatic rings. The number of nitrogens with one attached hydrogen (secondary N) is 2. The molecule has 0 radical (unpaired) electrons. The van der Waals surface area contributed by atoms with Crippen molar-refractivity contribution < 1.29 is 22.8 Å². The number of benzene rings is 2. The molecule has 2 amide bonds. The topological polar surface area (TPSA) is 85.7 Å². The number of rotatable bonds is 12. The molecule has 210 valence electrons. The van der Waals surface area contributed by atoms with Gasteiger partial charge in [-0.05, 0) is 54.4 Å². The summed E-state index contributed by atoms with van der Waals surface area (Å²) in [5, 5.41) is 14.0. The van der Waals surface area contributed by atoms with Gasteiger partial charge in [0.2, 0.25) is 5.91 Å². The van der Waals surface area contributed by atoms with Crippen LogP contribution in [0, 0.1) is 12.7 Å². The number of aromatic nitrogens is 2. The second-order valence-corrected chi connectivity index (χ2v) is 9.63. The normalized spacial score (nSPS) is 13.2. The van der Waals surface area contributed by atoms with Gasteiger partial charge in [-0.1, -0.05) is 13.0 Å². The maximum Gasteiger partial charge on any atom is 0.257 e. The molecule has 9 nitrogen and oxygen atoms in total. The van der Waals surface area contributed by atoms with E-state index in [-0.39, 0.29) is 30.7 Å². The first-order valence-corrected chi connectivity index (χ1v) is 12.9. The van der Waals surface area contributed by atoms with Gasteiger partial charge in [-0.15, -0.1) is 0 Å². The lowest BCUT2D eigenvalue weighted by molar-refractivity contribution is -0.145. The van der Waals surface area contributed by atoms with Gasteiger partial charge in [-0.25, -0.2) is 18.2 Å². The van der Waals surface area contributed by atoms with Crippen LogP contribution in [0.3, 0.4) is 0 Å². The van der Waals surface area contributed by atoms with Gasteiger partial charge in [0.1, 0.15) is 12.4 Å². The van der Waals surface area contributed by atoms with Crippen molar-refractivity contribution in [2.75, 3.05) is 44.7 Å². The van der Waals surface area contributed by atoms with E-state index in [9.17, 15) is 22.8 Å². The Hall–Kier alpha value is -3.64. The minimum Gasteiger partial charge on any atom is -0.353 e. The molecule has 0 saturated carbocycles. The van der Waals surface area contributed by atoms with E-state index < -0.39 is 13.0 Å². The third-order valence-corrected chi connectivity index (χ3v) is 6.80. The van der Waals surface area contributed by atoms with Crippen LogP contribution in [-0.4, -0.2) is 77.8 Å². The minimum atomic E-state index is -2.54. The smallest absolute Gasteiger partial charge is 0.257 e. The van der Waals surface area contributed by atoms with Crippen LogP contribution in [-0.2, 0) is 29.2 Å². The lowest BCUT2D eigenvalue weighted by Gasteiger charge is -2.32. The van der Waals surface area contributed by atoms with Crippen molar-refractivity contribution in [1.29, 1.82) is 0 Å². The average molecular weight is 546 g/mol. The number of likely N-dealkylation sites (N-methyl/N-ethyl adjacent to an activating group) is 2. The molecule has 2 aromatic carbocycles. The third kappa shape index (κ3) is 6.87. The van der Waals surface area contributed by atoms with Crippen LogP contribution >= 0.6 is 0 Å². The predicted molar refractivity (Wildman–Crippen MR) is 143 cm³/mol. The molecule has 2 N–H and O–H groups in total. The van der Waals surface area contributed by atoms with Crippen molar-refractivity contribution in [3.63, 3.8) is 0 Å². The number of hydrogen-bond acceptors (Lipinski definition) is 6. The van der Waals surface area contributed by atoms with Gasteiger partial charge >= 0.3 is 0 Å². The molecular formula is C27H34F3N7O2. The Balaban J connectivity index is 1.54. The summed E-state index contributed by atoms with van der Waals surface area (Å²) < 4.78 is 40.9. The zero-order valence-corrected chi connectivity index (χ0v) is 22.4. The van der Waals surface area contributed by atoms with E-state index in [1.807, 2.05) is 18.9 Å². The summed E-state index contributed by atoms with van der Waals surface area (Å²) >= 11 is 0. The molecule has 0 unspecified atom stereocenters. The fourth-order valence-corrected chi connectivity index (χ4v) is 4.74. The highest BCUT2D eigenvalue weighted by molar-refractivity contribution is 5.90. The lowest BCUT2D eigenvalue weighted by atomic mass is 10.1. The summed E-state index contributed by atoms with van der Waals surface area (Å²) in [6.45, 7) is 5.80. The largest absolute Gasteiger partial charge is 0.353 e. The summed E-state index contributed by atoms with van der Waals surface area (Å²) in [6.07, 6.45) is -1.04. The first-order valence-electron chi connectivity index (χ1n) is 12.9. The molecule has 0 saturated heterocycles. The van der Waals surface area contributed by atoms with E-state index in [0.29, 0.717) is 42.8 Å². The van der Waals surface area contributed by atoms with Crippen molar-refractivity contribution in [1.82, 2.24) is 30.4 Å². The molecule has 0 spiro atoms. The summed E-state index contributed by atoms with van der Waals surface area (Å²) in [4.78, 5) is 28.0. The van der Waals surface area contributed by atoms with Gasteiger partial charge in [-0.2, -0.15) is 5.10 Å². The zero-order valence-electron chi connectivity index (χ0n) is 22.4. The lowest BCUT2D eigenvalue weighted by Crippen LogP contribution is -2.48. The molecule has 1 aromatic heterocycles. The van der Waals surface area contributed by atoms with Gasteiger partial charge < -0.3 is 15.5 Å². The third-order valence-electron chi connectivity index (χ3n) is 6.80. The van der Waals surface area contributed by atoms with Crippen molar-refractivity contribution in [3.05, 3.63) is 59.0 Å². The Bertz CT molecular complexity index is 1330. The number of alkyl halides is 2. The maximum atomic E-state index is 13.7. The SMILES string of the molecule is CCNCCNC(=O)CN(CC(=O)N(C)N1Cc2ccc(F)cc2C1)c1cc2cnn(CC(F)F)c2cc1C. The van der Waals surface area contributed by atoms with E-state index in [4.69, 9.17) is 0 Å². The van der Waals surface area contributed by atoms with Gasteiger partial charge in [-0.3, -0.25) is 19.3 Å². The Morgan fingerprint density at radius 2 is 1.87 bits per heavy atom. The Morgan fingerprint density at radius 1 is 1.10 bits per heavy atom. The van der Waals surface area contributed by atoms with Gasteiger partial charge in [0.05, 0.1) is 24.8 Å². The highest BCUT2D eigenvalue weighted by Crippen LogP contribution is 2.28. The van der Waals surface area contributed by atoms with Gasteiger partial charge in [0.15, 0.2) is 0 Å². The maximum absolute atomic E-state index is 13.7. The van der Waals surface area contributed by atoms with Crippen molar-refractivity contribution in [3.8, 4) is 0 Å². The number of aryl methyl sites for hydroxylation is 1. The fraction of sp³-hybridized carbons (Fsp3) is 0.444. The summed E-state index contributed by atoms with van der Waals surface area (Å²) in [7, 11) is 1.66. The number of carbonyl (C=O) groups excluding carboxylic acids is 2. The van der Waals surface area contributed by atoms with Gasteiger partial charge in [0, 0.05) is 44.3 Å². The molecule has 2 heterocycles. The van der Waals surface area contributed by atoms with Crippen molar-refractivity contribution in [2.24, 2.45) is 0 Å². The number of fused-ring (bicyclic) bond motifs is 2. The Morgan fingerprint density at radius 3 is 2.62 bits per heavy atom. The van der Waals surface area contributed by atoms with Crippen LogP contribution in [0.5, 0.6) is 0 Å². The average Bonchev–Trinajstić information content (AvgIpc) is 3.48. The number of hydrogen-bond donors (Lipinski definition) is 2. The minimum absolute atomic E-state index is 0.0747. The first-order chi connectivity index (χ1) is 18.7. The molecule has 39 heavy (non-hydrogen) atoms. The number of hydrazine groups is 1. The molecular weight excluding hydrogens is 511 g/mol. The fourth-order valence-electron chi connectivity index (χ4n) is 4.74. The van der Waals surface area contributed by atoms with Gasteiger partial charge in [0.25, 0.3) is 12.3 Å². The van der Waals surface area contributed by atoms with Crippen LogP contribution in [0.4, 0.5) is 18.9 Å². The van der Waals surface area contributed by atoms with E-state index in [0.717, 1.165) is 23.2 Å². The number of amides is 2. The molecule has 0 fully saturated rings. The van der Waals surface area contributed by atoms with E-state index in [2.05, 4.69) is 15.7 Å². The molecule has 1 aliphatic heterocycles. The van der Waals surface area contributed by atoms with Crippen LogP contribution in [0.1, 0.15) is 23.6 Å². The van der Waals surface area contributed by atoms with Crippen LogP contribution < -0.4 is 15.5 Å². The summed E-state index contributed by atoms with van der Waals surface area (Å²) in [6, 6.07) is 8.12. The molecule has 0 aliphatic carbocycles. The van der Waals surface area contributed by atoms with Crippen LogP contribution in [0.2, 0.25) is 0 Å². The molecule has 12 heteroatoms. The summed E-state index contributed by atoms with van der Waals surface area (Å²) in [5.74, 6) is -0.824. The van der Waals surface area contributed by atoms with Crippen molar-refractivity contribution in [2.45, 2.75) is 39.9 Å². The molecule has 3 aromatic rings. The highest BCUT2D eigenvalue weighted by Gasteiger charge is 2.27. The van der Waals surface area contributed by atoms with Crippen LogP contribution in [0.15, 0.2) is 36.5 Å². The number of nitrogens with zero attached hydrogens (tertiary/aromatic N) is 5. The standard InChI is InChI=1S/C27H34F3N7O2/c1-4-31-7-8-32-26(38)16-35(23-11-20-12-33-37(15-25(29)30)24(20)9-18(23)2)17-27(39)34(3)36-13-19-5-6-22(28)10-21(19)14-36/h5-6,9-12,25,31H,4,7-8,13-17H2,1-3H3,(H,32,38). The van der Waals surface area contributed by atoms with E-state index in [1.54, 1.807) is 30.1 Å². The van der Waals surface area contributed by atoms with Crippen molar-refractivity contribution >= 4 is 28.4 Å². The number of halogens is 3. The number of carbonyl (C=O) groups is 2. The summed E-state index contributed by atoms with van der Waals surface area (Å²) in [5.41, 5.74) is 3.69. The van der Waals surface area contributed by atoms with Crippen LogP contribution in [0.25, 0.3) is 10.9 Å². The second kappa shape index (κ2) is 12.5. The molecule has 4 rings (SSSR count). The molecule has 0 atom stereocenters. The highest BCUT2D eigenvalue weighted by atomic mass is 19.3. The van der Waals surface area contributed by atoms with E-state index in [1.165, 1.54) is 28.0 Å². The monoisotopic (exact) mass is 545 g/mol. The zero-order chi connectivity index (χ0) is 28.1. The predicted octanol–water partition coefficient (Wildman–Crippen LogP) is 2.67. The molecule has 0 bridgehead atoms. The second-order valence-electron chi connectivity index (χ2n) is 9.63. The Labute approximate surface area is 225 Å². The number of anilines is 1. The van der Waals surface area contributed by atoms with E-state index >= 15 is 0 Å². The first kappa shape index (κ1) is 28.4. The quantitative estimate of drug-likeness (QED) is 0.341. The Kier molecular flexibility index (Phi) is 9.08.